The van der Waals surface area contributed by atoms with Crippen molar-refractivity contribution in [3.63, 3.8) is 0 Å². The predicted octanol–water partition coefficient (Wildman–Crippen LogP) is 2.87. The van der Waals surface area contributed by atoms with Gasteiger partial charge in [-0.05, 0) is 50.3 Å². The van der Waals surface area contributed by atoms with Gasteiger partial charge < -0.3 is 14.8 Å². The Morgan fingerprint density at radius 1 is 1.53 bits per heavy atom. The second-order valence-corrected chi connectivity index (χ2v) is 5.07. The summed E-state index contributed by atoms with van der Waals surface area (Å²) in [5.41, 5.74) is 0. The lowest BCUT2D eigenvalue weighted by Crippen LogP contribution is -2.31. The van der Waals surface area contributed by atoms with Crippen molar-refractivity contribution in [1.29, 1.82) is 0 Å². The molecule has 3 nitrogen and oxygen atoms in total. The van der Waals surface area contributed by atoms with Crippen LogP contribution in [0.15, 0.2) is 22.8 Å². The number of aliphatic hydroxyl groups is 1. The molecule has 0 bridgehead atoms. The van der Waals surface area contributed by atoms with E-state index in [2.05, 4.69) is 12.2 Å². The van der Waals surface area contributed by atoms with Crippen molar-refractivity contribution in [2.45, 2.75) is 51.2 Å². The van der Waals surface area contributed by atoms with Crippen molar-refractivity contribution in [1.82, 2.24) is 5.32 Å². The summed E-state index contributed by atoms with van der Waals surface area (Å²) in [6.07, 6.45) is 6.99. The molecule has 1 aromatic rings. The minimum Gasteiger partial charge on any atom is -0.468 e. The average molecular weight is 237 g/mol. The maximum atomic E-state index is 9.64. The number of hydrogen-bond donors (Lipinski definition) is 2. The van der Waals surface area contributed by atoms with Gasteiger partial charge in [0.2, 0.25) is 0 Å². The van der Waals surface area contributed by atoms with E-state index < -0.39 is 0 Å². The molecule has 0 aromatic carbocycles. The van der Waals surface area contributed by atoms with Crippen LogP contribution in [0.3, 0.4) is 0 Å². The first-order valence-electron chi connectivity index (χ1n) is 6.74. The molecule has 96 valence electrons. The number of rotatable bonds is 5. The first-order chi connectivity index (χ1) is 8.29. The maximum absolute atomic E-state index is 9.64. The van der Waals surface area contributed by atoms with Crippen molar-refractivity contribution < 1.29 is 9.52 Å². The van der Waals surface area contributed by atoms with E-state index in [0.717, 1.165) is 38.0 Å². The third kappa shape index (κ3) is 3.58. The summed E-state index contributed by atoms with van der Waals surface area (Å²) >= 11 is 0. The van der Waals surface area contributed by atoms with Crippen LogP contribution in [0.1, 0.15) is 50.8 Å². The molecule has 1 aliphatic carbocycles. The molecule has 0 saturated heterocycles. The average Bonchev–Trinajstić information content (AvgIpc) is 2.84. The minimum absolute atomic E-state index is 0.0840. The molecule has 1 aliphatic rings. The molecule has 2 N–H and O–H groups in total. The van der Waals surface area contributed by atoms with Crippen LogP contribution in [0.4, 0.5) is 0 Å². The Bertz CT molecular complexity index is 310. The highest BCUT2D eigenvalue weighted by Crippen LogP contribution is 2.25. The van der Waals surface area contributed by atoms with Crippen molar-refractivity contribution in [2.24, 2.45) is 5.92 Å². The first-order valence-corrected chi connectivity index (χ1v) is 6.74. The number of nitrogens with one attached hydrogen (secondary N) is 1. The molecule has 1 aromatic heterocycles. The molecule has 3 heteroatoms. The van der Waals surface area contributed by atoms with Gasteiger partial charge in [0.1, 0.15) is 5.76 Å². The molecule has 3 atom stereocenters. The summed E-state index contributed by atoms with van der Waals surface area (Å²) in [5, 5.41) is 13.2. The van der Waals surface area contributed by atoms with Crippen LogP contribution < -0.4 is 5.32 Å². The molecule has 0 spiro atoms. The van der Waals surface area contributed by atoms with E-state index in [1.807, 2.05) is 12.1 Å². The zero-order valence-electron chi connectivity index (χ0n) is 10.6. The van der Waals surface area contributed by atoms with Gasteiger partial charge in [-0.15, -0.1) is 0 Å². The molecule has 2 rings (SSSR count). The van der Waals surface area contributed by atoms with Crippen LogP contribution in [0, 0.1) is 5.92 Å². The second-order valence-electron chi connectivity index (χ2n) is 5.07. The van der Waals surface area contributed by atoms with Gasteiger partial charge in [0.05, 0.1) is 18.4 Å². The van der Waals surface area contributed by atoms with Crippen molar-refractivity contribution in [3.05, 3.63) is 24.2 Å². The highest BCUT2D eigenvalue weighted by Gasteiger charge is 2.21. The van der Waals surface area contributed by atoms with Gasteiger partial charge in [-0.3, -0.25) is 0 Å². The molecular formula is C14H23NO2. The molecule has 0 aliphatic heterocycles. The quantitative estimate of drug-likeness (QED) is 0.827. The van der Waals surface area contributed by atoms with Crippen LogP contribution in [0.2, 0.25) is 0 Å². The molecule has 0 amide bonds. The zero-order chi connectivity index (χ0) is 12.1. The fourth-order valence-electron chi connectivity index (χ4n) is 2.69. The fourth-order valence-corrected chi connectivity index (χ4v) is 2.69. The van der Waals surface area contributed by atoms with Gasteiger partial charge in [-0.25, -0.2) is 0 Å². The second kappa shape index (κ2) is 6.22. The van der Waals surface area contributed by atoms with E-state index in [-0.39, 0.29) is 6.10 Å². The first kappa shape index (κ1) is 12.7. The van der Waals surface area contributed by atoms with Crippen LogP contribution in [0.5, 0.6) is 0 Å². The van der Waals surface area contributed by atoms with Gasteiger partial charge in [-0.2, -0.15) is 0 Å². The Balaban J connectivity index is 1.80. The summed E-state index contributed by atoms with van der Waals surface area (Å²) < 4.78 is 5.44. The summed E-state index contributed by atoms with van der Waals surface area (Å²) in [7, 11) is 0. The Morgan fingerprint density at radius 3 is 3.06 bits per heavy atom. The highest BCUT2D eigenvalue weighted by atomic mass is 16.3. The summed E-state index contributed by atoms with van der Waals surface area (Å²) in [4.78, 5) is 0. The fraction of sp³-hybridized carbons (Fsp3) is 0.714. The third-order valence-corrected chi connectivity index (χ3v) is 3.70. The van der Waals surface area contributed by atoms with Crippen molar-refractivity contribution in [2.75, 3.05) is 6.54 Å². The van der Waals surface area contributed by atoms with E-state index in [4.69, 9.17) is 4.42 Å². The van der Waals surface area contributed by atoms with Crippen LogP contribution in [-0.2, 0) is 0 Å². The summed E-state index contributed by atoms with van der Waals surface area (Å²) in [6, 6.07) is 4.27. The molecule has 0 radical (unpaired) electrons. The van der Waals surface area contributed by atoms with Gasteiger partial charge in [0, 0.05) is 0 Å². The smallest absolute Gasteiger partial charge is 0.120 e. The highest BCUT2D eigenvalue weighted by molar-refractivity contribution is 5.04. The summed E-state index contributed by atoms with van der Waals surface area (Å²) in [5.74, 6) is 1.63. The Hall–Kier alpha value is -0.800. The zero-order valence-corrected chi connectivity index (χ0v) is 10.6. The third-order valence-electron chi connectivity index (χ3n) is 3.70. The van der Waals surface area contributed by atoms with Crippen LogP contribution >= 0.6 is 0 Å². The number of furan rings is 1. The van der Waals surface area contributed by atoms with Gasteiger partial charge in [-0.1, -0.05) is 13.3 Å². The minimum atomic E-state index is -0.0840. The van der Waals surface area contributed by atoms with Gasteiger partial charge in [0.25, 0.3) is 0 Å². The molecule has 1 saturated carbocycles. The Kier molecular flexibility index (Phi) is 4.63. The monoisotopic (exact) mass is 237 g/mol. The van der Waals surface area contributed by atoms with Crippen molar-refractivity contribution >= 4 is 0 Å². The van der Waals surface area contributed by atoms with E-state index in [1.165, 1.54) is 6.42 Å². The Labute approximate surface area is 103 Å². The lowest BCUT2D eigenvalue weighted by atomic mass is 9.87. The van der Waals surface area contributed by atoms with Crippen LogP contribution in [0.25, 0.3) is 0 Å². The normalized spacial score (nSPS) is 26.9. The van der Waals surface area contributed by atoms with E-state index in [9.17, 15) is 5.11 Å². The molecular weight excluding hydrogens is 214 g/mol. The number of aliphatic hydroxyl groups excluding tert-OH is 1. The number of hydrogen-bond acceptors (Lipinski definition) is 3. The lowest BCUT2D eigenvalue weighted by Gasteiger charge is -2.27. The maximum Gasteiger partial charge on any atom is 0.120 e. The largest absolute Gasteiger partial charge is 0.468 e. The molecule has 17 heavy (non-hydrogen) atoms. The summed E-state index contributed by atoms with van der Waals surface area (Å²) in [6.45, 7) is 3.15. The van der Waals surface area contributed by atoms with Gasteiger partial charge >= 0.3 is 0 Å². The molecule has 3 unspecified atom stereocenters. The standard InChI is InChI=1S/C14H23NO2/c1-2-13(14-7-4-8-17-14)15-10-11-5-3-6-12(16)9-11/h4,7-8,11-13,15-16H,2-3,5-6,9-10H2,1H3. The SMILES string of the molecule is CCC(NCC1CCCC(O)C1)c1ccco1. The molecule has 1 fully saturated rings. The Morgan fingerprint density at radius 2 is 2.41 bits per heavy atom. The topological polar surface area (TPSA) is 45.4 Å². The lowest BCUT2D eigenvalue weighted by molar-refractivity contribution is 0.0992. The van der Waals surface area contributed by atoms with Gasteiger partial charge in [0.15, 0.2) is 0 Å². The van der Waals surface area contributed by atoms with Crippen molar-refractivity contribution in [3.8, 4) is 0 Å². The molecule has 1 heterocycles. The van der Waals surface area contributed by atoms with E-state index in [1.54, 1.807) is 6.26 Å². The van der Waals surface area contributed by atoms with E-state index >= 15 is 0 Å². The van der Waals surface area contributed by atoms with E-state index in [0.29, 0.717) is 12.0 Å². The van der Waals surface area contributed by atoms with Crippen LogP contribution in [-0.4, -0.2) is 17.8 Å². The predicted molar refractivity (Wildman–Crippen MR) is 67.7 cm³/mol.